The lowest BCUT2D eigenvalue weighted by molar-refractivity contribution is 0.114. The molecule has 0 radical (unpaired) electrons. The van der Waals surface area contributed by atoms with E-state index in [0.29, 0.717) is 6.04 Å². The van der Waals surface area contributed by atoms with Crippen molar-refractivity contribution >= 4 is 0 Å². The lowest BCUT2D eigenvalue weighted by Gasteiger charge is -2.40. The fraction of sp³-hybridized carbons (Fsp3) is 0.647. The number of hydrogen-bond acceptors (Lipinski definition) is 2. The topological polar surface area (TPSA) is 15.3 Å². The Hall–Kier alpha value is -0.860. The molecule has 1 aromatic rings. The molecule has 19 heavy (non-hydrogen) atoms. The number of benzene rings is 1. The summed E-state index contributed by atoms with van der Waals surface area (Å²) < 4.78 is 0. The summed E-state index contributed by atoms with van der Waals surface area (Å²) in [6.45, 7) is 2.19. The fourth-order valence-corrected chi connectivity index (χ4v) is 4.26. The molecule has 3 unspecified atom stereocenters. The van der Waals surface area contributed by atoms with E-state index in [2.05, 4.69) is 55.5 Å². The molecule has 3 rings (SSSR count). The van der Waals surface area contributed by atoms with Gasteiger partial charge in [0.05, 0.1) is 0 Å². The molecule has 1 aromatic carbocycles. The van der Waals surface area contributed by atoms with E-state index >= 15 is 0 Å². The van der Waals surface area contributed by atoms with Gasteiger partial charge in [0.2, 0.25) is 0 Å². The Bertz CT molecular complexity index is 429. The zero-order chi connectivity index (χ0) is 13.4. The number of nitrogens with zero attached hydrogens (tertiary/aromatic N) is 1. The van der Waals surface area contributed by atoms with Gasteiger partial charge in [0, 0.05) is 18.1 Å². The summed E-state index contributed by atoms with van der Waals surface area (Å²) in [6.07, 6.45) is 5.52. The van der Waals surface area contributed by atoms with Crippen LogP contribution in [0.1, 0.15) is 42.9 Å². The standard InChI is InChI=1S/C17H26N2/c1-12-5-4-6-13(9-12)17(18-2)14-10-15-7-8-16(11-14)19(15)3/h4-6,9,14-18H,7-8,10-11H2,1-3H3. The van der Waals surface area contributed by atoms with Crippen LogP contribution in [-0.2, 0) is 0 Å². The molecule has 0 aliphatic carbocycles. The molecule has 0 aromatic heterocycles. The second-order valence-corrected chi connectivity index (χ2v) is 6.46. The maximum Gasteiger partial charge on any atom is 0.0347 e. The van der Waals surface area contributed by atoms with Gasteiger partial charge in [-0.15, -0.1) is 0 Å². The molecule has 2 heterocycles. The molecular formula is C17H26N2. The van der Waals surface area contributed by atoms with E-state index in [1.54, 1.807) is 0 Å². The summed E-state index contributed by atoms with van der Waals surface area (Å²) in [5.41, 5.74) is 2.84. The van der Waals surface area contributed by atoms with Crippen LogP contribution < -0.4 is 5.32 Å². The van der Waals surface area contributed by atoms with E-state index in [4.69, 9.17) is 0 Å². The minimum Gasteiger partial charge on any atom is -0.313 e. The molecule has 104 valence electrons. The van der Waals surface area contributed by atoms with Crippen molar-refractivity contribution in [3.63, 3.8) is 0 Å². The van der Waals surface area contributed by atoms with Gasteiger partial charge in [-0.3, -0.25) is 0 Å². The SMILES string of the molecule is CNC(c1cccc(C)c1)C1CC2CCC(C1)N2C. The average Bonchev–Trinajstić information content (AvgIpc) is 2.63. The van der Waals surface area contributed by atoms with E-state index in [1.165, 1.54) is 36.8 Å². The van der Waals surface area contributed by atoms with Crippen LogP contribution >= 0.6 is 0 Å². The van der Waals surface area contributed by atoms with Crippen LogP contribution in [0.3, 0.4) is 0 Å². The summed E-state index contributed by atoms with van der Waals surface area (Å²) in [4.78, 5) is 2.62. The molecule has 2 heteroatoms. The van der Waals surface area contributed by atoms with Crippen molar-refractivity contribution in [2.75, 3.05) is 14.1 Å². The van der Waals surface area contributed by atoms with Crippen molar-refractivity contribution in [3.8, 4) is 0 Å². The van der Waals surface area contributed by atoms with Crippen molar-refractivity contribution in [1.82, 2.24) is 10.2 Å². The van der Waals surface area contributed by atoms with Crippen LogP contribution in [0.2, 0.25) is 0 Å². The third kappa shape index (κ3) is 2.44. The Morgan fingerprint density at radius 3 is 2.47 bits per heavy atom. The Kier molecular flexibility index (Phi) is 3.64. The lowest BCUT2D eigenvalue weighted by atomic mass is 9.82. The second kappa shape index (κ2) is 5.26. The van der Waals surface area contributed by atoms with Crippen molar-refractivity contribution in [3.05, 3.63) is 35.4 Å². The summed E-state index contributed by atoms with van der Waals surface area (Å²) in [5.74, 6) is 0.792. The van der Waals surface area contributed by atoms with Crippen molar-refractivity contribution in [2.24, 2.45) is 5.92 Å². The molecule has 0 amide bonds. The first kappa shape index (κ1) is 13.1. The maximum atomic E-state index is 3.58. The molecule has 1 N–H and O–H groups in total. The predicted octanol–water partition coefficient (Wildman–Crippen LogP) is 3.13. The first-order valence-electron chi connectivity index (χ1n) is 7.65. The highest BCUT2D eigenvalue weighted by Crippen LogP contribution is 2.42. The molecule has 2 aliphatic heterocycles. The molecule has 2 saturated heterocycles. The molecule has 2 bridgehead atoms. The van der Waals surface area contributed by atoms with Gasteiger partial charge in [-0.05, 0) is 58.2 Å². The lowest BCUT2D eigenvalue weighted by Crippen LogP contribution is -2.43. The second-order valence-electron chi connectivity index (χ2n) is 6.46. The first-order valence-corrected chi connectivity index (χ1v) is 7.65. The molecule has 0 spiro atoms. The summed E-state index contributed by atoms with van der Waals surface area (Å²) >= 11 is 0. The van der Waals surface area contributed by atoms with Crippen molar-refractivity contribution in [2.45, 2.75) is 50.7 Å². The van der Waals surface area contributed by atoms with Gasteiger partial charge in [0.25, 0.3) is 0 Å². The average molecular weight is 258 g/mol. The van der Waals surface area contributed by atoms with Crippen LogP contribution in [0.25, 0.3) is 0 Å². The number of aryl methyl sites for hydroxylation is 1. The van der Waals surface area contributed by atoms with Gasteiger partial charge < -0.3 is 10.2 Å². The molecule has 2 aliphatic rings. The zero-order valence-electron chi connectivity index (χ0n) is 12.4. The fourth-order valence-electron chi connectivity index (χ4n) is 4.26. The Balaban J connectivity index is 1.80. The minimum absolute atomic E-state index is 0.525. The Labute approximate surface area is 117 Å². The molecule has 2 fully saturated rings. The third-order valence-electron chi connectivity index (χ3n) is 5.32. The first-order chi connectivity index (χ1) is 9.19. The number of piperidine rings is 1. The highest BCUT2D eigenvalue weighted by Gasteiger charge is 2.40. The molecular weight excluding hydrogens is 232 g/mol. The normalized spacial score (nSPS) is 32.5. The molecule has 3 atom stereocenters. The van der Waals surface area contributed by atoms with Crippen LogP contribution in [-0.4, -0.2) is 31.1 Å². The van der Waals surface area contributed by atoms with Gasteiger partial charge in [-0.1, -0.05) is 29.8 Å². The van der Waals surface area contributed by atoms with Gasteiger partial charge in [0.15, 0.2) is 0 Å². The minimum atomic E-state index is 0.525. The van der Waals surface area contributed by atoms with Crippen LogP contribution in [0.15, 0.2) is 24.3 Å². The quantitative estimate of drug-likeness (QED) is 0.896. The van der Waals surface area contributed by atoms with E-state index in [0.717, 1.165) is 18.0 Å². The Morgan fingerprint density at radius 2 is 1.89 bits per heavy atom. The van der Waals surface area contributed by atoms with Crippen molar-refractivity contribution in [1.29, 1.82) is 0 Å². The van der Waals surface area contributed by atoms with E-state index in [9.17, 15) is 0 Å². The summed E-state index contributed by atoms with van der Waals surface area (Å²) in [7, 11) is 4.44. The summed E-state index contributed by atoms with van der Waals surface area (Å²) in [5, 5.41) is 3.58. The maximum absolute atomic E-state index is 3.58. The monoisotopic (exact) mass is 258 g/mol. The van der Waals surface area contributed by atoms with Gasteiger partial charge in [0.1, 0.15) is 0 Å². The summed E-state index contributed by atoms with van der Waals surface area (Å²) in [6, 6.07) is 11.2. The van der Waals surface area contributed by atoms with Crippen LogP contribution in [0.5, 0.6) is 0 Å². The number of hydrogen-bond donors (Lipinski definition) is 1. The zero-order valence-corrected chi connectivity index (χ0v) is 12.4. The number of rotatable bonds is 3. The molecule has 0 saturated carbocycles. The third-order valence-corrected chi connectivity index (χ3v) is 5.32. The van der Waals surface area contributed by atoms with Gasteiger partial charge in [-0.2, -0.15) is 0 Å². The number of fused-ring (bicyclic) bond motifs is 2. The highest BCUT2D eigenvalue weighted by molar-refractivity contribution is 5.26. The predicted molar refractivity (Wildman–Crippen MR) is 80.3 cm³/mol. The van der Waals surface area contributed by atoms with E-state index in [-0.39, 0.29) is 0 Å². The molecule has 2 nitrogen and oxygen atoms in total. The largest absolute Gasteiger partial charge is 0.313 e. The number of nitrogens with one attached hydrogen (secondary N) is 1. The Morgan fingerprint density at radius 1 is 1.21 bits per heavy atom. The van der Waals surface area contributed by atoms with E-state index in [1.807, 2.05) is 0 Å². The van der Waals surface area contributed by atoms with Crippen molar-refractivity contribution < 1.29 is 0 Å². The van der Waals surface area contributed by atoms with E-state index < -0.39 is 0 Å². The van der Waals surface area contributed by atoms with Gasteiger partial charge in [-0.25, -0.2) is 0 Å². The smallest absolute Gasteiger partial charge is 0.0347 e. The van der Waals surface area contributed by atoms with Crippen LogP contribution in [0.4, 0.5) is 0 Å². The van der Waals surface area contributed by atoms with Gasteiger partial charge >= 0.3 is 0 Å². The highest BCUT2D eigenvalue weighted by atomic mass is 15.2. The van der Waals surface area contributed by atoms with Crippen LogP contribution in [0, 0.1) is 12.8 Å².